The Hall–Kier alpha value is -1.56. The summed E-state index contributed by atoms with van der Waals surface area (Å²) in [6.45, 7) is 3.65. The van der Waals surface area contributed by atoms with E-state index in [0.29, 0.717) is 12.6 Å². The van der Waals surface area contributed by atoms with E-state index in [1.807, 2.05) is 11.3 Å². The first-order valence-electron chi connectivity index (χ1n) is 8.94. The molecule has 2 aliphatic rings. The SMILES string of the molecule is COc1c(OCCN(C)C)ccc2c1CN1CCc3sccc3C1C2. The number of likely N-dealkylation sites (N-methyl/N-ethyl adjacent to an activating group) is 1. The van der Waals surface area contributed by atoms with Crippen molar-refractivity contribution in [3.8, 4) is 11.5 Å². The van der Waals surface area contributed by atoms with Crippen LogP contribution in [0.15, 0.2) is 23.6 Å². The fourth-order valence-corrected chi connectivity index (χ4v) is 4.90. The Labute approximate surface area is 154 Å². The van der Waals surface area contributed by atoms with Gasteiger partial charge in [0, 0.05) is 36.1 Å². The van der Waals surface area contributed by atoms with Crippen molar-refractivity contribution in [1.82, 2.24) is 9.80 Å². The van der Waals surface area contributed by atoms with Gasteiger partial charge in [-0.2, -0.15) is 0 Å². The summed E-state index contributed by atoms with van der Waals surface area (Å²) in [6.07, 6.45) is 2.23. The van der Waals surface area contributed by atoms with Gasteiger partial charge in [-0.3, -0.25) is 4.90 Å². The quantitative estimate of drug-likeness (QED) is 0.818. The van der Waals surface area contributed by atoms with Gasteiger partial charge < -0.3 is 14.4 Å². The minimum Gasteiger partial charge on any atom is -0.493 e. The van der Waals surface area contributed by atoms with E-state index >= 15 is 0 Å². The van der Waals surface area contributed by atoms with Crippen molar-refractivity contribution in [3.05, 3.63) is 45.1 Å². The Morgan fingerprint density at radius 1 is 1.28 bits per heavy atom. The summed E-state index contributed by atoms with van der Waals surface area (Å²) in [5.74, 6) is 1.79. The second kappa shape index (κ2) is 6.98. The Bertz CT molecular complexity index is 756. The van der Waals surface area contributed by atoms with Crippen molar-refractivity contribution >= 4 is 11.3 Å². The molecule has 1 aromatic heterocycles. The number of thiophene rings is 1. The number of methoxy groups -OCH3 is 1. The third kappa shape index (κ3) is 3.16. The molecule has 4 nitrogen and oxygen atoms in total. The number of nitrogens with zero attached hydrogens (tertiary/aromatic N) is 2. The summed E-state index contributed by atoms with van der Waals surface area (Å²) < 4.78 is 11.8. The molecule has 0 fully saturated rings. The van der Waals surface area contributed by atoms with Crippen LogP contribution in [-0.4, -0.2) is 50.7 Å². The molecule has 1 unspecified atom stereocenters. The third-order valence-electron chi connectivity index (χ3n) is 5.30. The molecule has 2 aromatic rings. The molecule has 0 radical (unpaired) electrons. The fraction of sp³-hybridized carbons (Fsp3) is 0.500. The molecule has 1 aromatic carbocycles. The zero-order valence-electron chi connectivity index (χ0n) is 15.2. The van der Waals surface area contributed by atoms with Crippen molar-refractivity contribution in [2.45, 2.75) is 25.4 Å². The number of fused-ring (bicyclic) bond motifs is 4. The molecule has 134 valence electrons. The van der Waals surface area contributed by atoms with Crippen LogP contribution in [0.1, 0.15) is 27.6 Å². The maximum atomic E-state index is 6.00. The average Bonchev–Trinajstić information content (AvgIpc) is 3.08. The van der Waals surface area contributed by atoms with Gasteiger partial charge in [-0.05, 0) is 55.6 Å². The Balaban J connectivity index is 1.61. The second-order valence-corrected chi connectivity index (χ2v) is 8.13. The highest BCUT2D eigenvalue weighted by molar-refractivity contribution is 7.10. The summed E-state index contributed by atoms with van der Waals surface area (Å²) in [6, 6.07) is 7.16. The predicted molar refractivity (Wildman–Crippen MR) is 102 cm³/mol. The van der Waals surface area contributed by atoms with Crippen molar-refractivity contribution in [3.63, 3.8) is 0 Å². The maximum Gasteiger partial charge on any atom is 0.165 e. The number of benzene rings is 1. The molecule has 0 N–H and O–H groups in total. The number of rotatable bonds is 5. The molecule has 0 saturated heterocycles. The molecule has 3 heterocycles. The molecule has 1 atom stereocenters. The molecule has 25 heavy (non-hydrogen) atoms. The van der Waals surface area contributed by atoms with Gasteiger partial charge in [0.2, 0.25) is 0 Å². The molecule has 0 spiro atoms. The highest BCUT2D eigenvalue weighted by atomic mass is 32.1. The molecule has 2 aliphatic heterocycles. The average molecular weight is 359 g/mol. The van der Waals surface area contributed by atoms with Crippen LogP contribution >= 0.6 is 11.3 Å². The van der Waals surface area contributed by atoms with E-state index in [2.05, 4.69) is 47.5 Å². The minimum absolute atomic E-state index is 0.521. The lowest BCUT2D eigenvalue weighted by atomic mass is 9.87. The van der Waals surface area contributed by atoms with Crippen molar-refractivity contribution in [1.29, 1.82) is 0 Å². The molecular weight excluding hydrogens is 332 g/mol. The largest absolute Gasteiger partial charge is 0.493 e. The summed E-state index contributed by atoms with van der Waals surface area (Å²) in [4.78, 5) is 6.30. The molecule has 0 bridgehead atoms. The molecule has 0 saturated carbocycles. The van der Waals surface area contributed by atoms with E-state index in [1.165, 1.54) is 23.1 Å². The lowest BCUT2D eigenvalue weighted by molar-refractivity contribution is 0.159. The molecule has 4 rings (SSSR count). The number of hydrogen-bond donors (Lipinski definition) is 0. The Kier molecular flexibility index (Phi) is 4.71. The first kappa shape index (κ1) is 16.9. The number of hydrogen-bond acceptors (Lipinski definition) is 5. The third-order valence-corrected chi connectivity index (χ3v) is 6.30. The smallest absolute Gasteiger partial charge is 0.165 e. The minimum atomic E-state index is 0.521. The predicted octanol–water partition coefficient (Wildman–Crippen LogP) is 3.35. The van der Waals surface area contributed by atoms with Crippen LogP contribution in [0.3, 0.4) is 0 Å². The first-order chi connectivity index (χ1) is 12.2. The van der Waals surface area contributed by atoms with Gasteiger partial charge in [-0.25, -0.2) is 0 Å². The Morgan fingerprint density at radius 3 is 2.96 bits per heavy atom. The van der Waals surface area contributed by atoms with Crippen LogP contribution in [0, 0.1) is 0 Å². The van der Waals surface area contributed by atoms with Gasteiger partial charge in [-0.1, -0.05) is 6.07 Å². The van der Waals surface area contributed by atoms with E-state index in [9.17, 15) is 0 Å². The standard InChI is InChI=1S/C20H26N2O2S/c1-21(2)9-10-24-18-5-4-14-12-17-15-7-11-25-19(15)6-8-22(17)13-16(14)20(18)23-3/h4-5,7,11,17H,6,8-10,12-13H2,1-3H3. The van der Waals surface area contributed by atoms with Crippen LogP contribution < -0.4 is 9.47 Å². The van der Waals surface area contributed by atoms with Gasteiger partial charge in [0.15, 0.2) is 11.5 Å². The zero-order valence-corrected chi connectivity index (χ0v) is 16.1. The molecule has 5 heteroatoms. The molecular formula is C20H26N2O2S. The van der Waals surface area contributed by atoms with Crippen molar-refractivity contribution in [2.75, 3.05) is 40.9 Å². The van der Waals surface area contributed by atoms with Crippen molar-refractivity contribution < 1.29 is 9.47 Å². The summed E-state index contributed by atoms with van der Waals surface area (Å²) in [5.41, 5.74) is 4.24. The summed E-state index contributed by atoms with van der Waals surface area (Å²) >= 11 is 1.91. The lowest BCUT2D eigenvalue weighted by Crippen LogP contribution is -2.38. The highest BCUT2D eigenvalue weighted by Crippen LogP contribution is 2.44. The first-order valence-corrected chi connectivity index (χ1v) is 9.82. The van der Waals surface area contributed by atoms with Crippen molar-refractivity contribution in [2.24, 2.45) is 0 Å². The number of ether oxygens (including phenoxy) is 2. The van der Waals surface area contributed by atoms with E-state index in [0.717, 1.165) is 37.6 Å². The molecule has 0 aliphatic carbocycles. The van der Waals surface area contributed by atoms with Gasteiger partial charge in [0.05, 0.1) is 7.11 Å². The van der Waals surface area contributed by atoms with Crippen LogP contribution in [0.25, 0.3) is 0 Å². The zero-order chi connectivity index (χ0) is 17.4. The maximum absolute atomic E-state index is 6.00. The monoisotopic (exact) mass is 358 g/mol. The van der Waals surface area contributed by atoms with Crippen LogP contribution in [0.5, 0.6) is 11.5 Å². The van der Waals surface area contributed by atoms with E-state index in [4.69, 9.17) is 9.47 Å². The summed E-state index contributed by atoms with van der Waals surface area (Å²) in [5, 5.41) is 2.24. The lowest BCUT2D eigenvalue weighted by Gasteiger charge is -2.40. The normalized spacial score (nSPS) is 19.3. The van der Waals surface area contributed by atoms with Crippen LogP contribution in [0.4, 0.5) is 0 Å². The molecule has 0 amide bonds. The van der Waals surface area contributed by atoms with E-state index in [-0.39, 0.29) is 0 Å². The van der Waals surface area contributed by atoms with Crippen LogP contribution in [-0.2, 0) is 19.4 Å². The van der Waals surface area contributed by atoms with Gasteiger partial charge in [0.25, 0.3) is 0 Å². The van der Waals surface area contributed by atoms with Gasteiger partial charge in [-0.15, -0.1) is 11.3 Å². The second-order valence-electron chi connectivity index (χ2n) is 7.13. The van der Waals surface area contributed by atoms with Gasteiger partial charge >= 0.3 is 0 Å². The fourth-order valence-electron chi connectivity index (χ4n) is 3.98. The highest BCUT2D eigenvalue weighted by Gasteiger charge is 2.34. The van der Waals surface area contributed by atoms with E-state index in [1.54, 1.807) is 12.0 Å². The Morgan fingerprint density at radius 2 is 2.16 bits per heavy atom. The van der Waals surface area contributed by atoms with Gasteiger partial charge in [0.1, 0.15) is 6.61 Å². The van der Waals surface area contributed by atoms with E-state index < -0.39 is 0 Å². The van der Waals surface area contributed by atoms with Crippen LogP contribution in [0.2, 0.25) is 0 Å². The topological polar surface area (TPSA) is 24.9 Å². The summed E-state index contributed by atoms with van der Waals surface area (Å²) in [7, 11) is 5.87.